The number of aryl methyl sites for hydroxylation is 1. The summed E-state index contributed by atoms with van der Waals surface area (Å²) >= 11 is 11.7. The van der Waals surface area contributed by atoms with Crippen molar-refractivity contribution < 1.29 is 13.2 Å². The Morgan fingerprint density at radius 2 is 2.00 bits per heavy atom. The molecule has 1 heterocycles. The lowest BCUT2D eigenvalue weighted by Crippen LogP contribution is -2.18. The van der Waals surface area contributed by atoms with Crippen molar-refractivity contribution in [3.63, 3.8) is 0 Å². The van der Waals surface area contributed by atoms with E-state index in [4.69, 9.17) is 23.2 Å². The maximum absolute atomic E-state index is 12.0. The van der Waals surface area contributed by atoms with Gasteiger partial charge in [0.05, 0.1) is 5.69 Å². The number of nitrogens with zero attached hydrogens (tertiary/aromatic N) is 1. The molecule has 1 atom stereocenters. The molecule has 1 aromatic heterocycles. The Bertz CT molecular complexity index is 412. The van der Waals surface area contributed by atoms with Gasteiger partial charge in [0.15, 0.2) is 5.15 Å². The molecule has 1 unspecified atom stereocenters. The van der Waals surface area contributed by atoms with Gasteiger partial charge in [0.2, 0.25) is 0 Å². The van der Waals surface area contributed by atoms with Gasteiger partial charge in [0.25, 0.3) is 0 Å². The molecule has 0 aromatic carbocycles. The number of nitrogens with one attached hydrogen (secondary N) is 1. The van der Waals surface area contributed by atoms with Crippen LogP contribution in [0, 0.1) is 6.92 Å². The molecule has 0 spiro atoms. The Labute approximate surface area is 120 Å². The normalized spacial score (nSPS) is 13.4. The van der Waals surface area contributed by atoms with Crippen LogP contribution >= 0.6 is 23.2 Å². The molecule has 1 rings (SSSR count). The Kier molecular flexibility index (Phi) is 5.74. The Morgan fingerprint density at radius 1 is 1.37 bits per heavy atom. The monoisotopic (exact) mass is 314 g/mol. The molecule has 19 heavy (non-hydrogen) atoms. The number of hydrogen-bond acceptors (Lipinski definition) is 2. The summed E-state index contributed by atoms with van der Waals surface area (Å²) in [6.07, 6.45) is -4.40. The van der Waals surface area contributed by atoms with Gasteiger partial charge in [0, 0.05) is 12.5 Å². The third-order valence-electron chi connectivity index (χ3n) is 2.63. The molecule has 1 aromatic rings. The molecule has 0 fully saturated rings. The quantitative estimate of drug-likeness (QED) is 0.753. The number of rotatable bonds is 5. The van der Waals surface area contributed by atoms with Gasteiger partial charge in [-0.3, -0.25) is 0 Å². The van der Waals surface area contributed by atoms with E-state index >= 15 is 0 Å². The van der Waals surface area contributed by atoms with Gasteiger partial charge in [-0.05, 0) is 38.3 Å². The van der Waals surface area contributed by atoms with E-state index in [-0.39, 0.29) is 22.8 Å². The summed E-state index contributed by atoms with van der Waals surface area (Å²) in [5.41, 5.74) is 1.43. The van der Waals surface area contributed by atoms with Crippen LogP contribution in [-0.4, -0.2) is 17.2 Å². The Balaban J connectivity index is 2.55. The second-order valence-electron chi connectivity index (χ2n) is 4.48. The average Bonchev–Trinajstić information content (AvgIpc) is 2.21. The second-order valence-corrected chi connectivity index (χ2v) is 5.23. The van der Waals surface area contributed by atoms with Crippen molar-refractivity contribution in [2.24, 2.45) is 0 Å². The molecule has 2 nitrogen and oxygen atoms in total. The minimum Gasteiger partial charge on any atom is -0.380 e. The van der Waals surface area contributed by atoms with Crippen LogP contribution in [0.1, 0.15) is 31.7 Å². The molecule has 108 valence electrons. The van der Waals surface area contributed by atoms with Gasteiger partial charge in [-0.1, -0.05) is 23.2 Å². The zero-order valence-corrected chi connectivity index (χ0v) is 12.1. The summed E-state index contributed by atoms with van der Waals surface area (Å²) in [4.78, 5) is 3.90. The van der Waals surface area contributed by atoms with Crippen molar-refractivity contribution in [1.29, 1.82) is 0 Å². The molecule has 1 N–H and O–H groups in total. The van der Waals surface area contributed by atoms with Crippen LogP contribution in [-0.2, 0) is 0 Å². The topological polar surface area (TPSA) is 24.9 Å². The molecular formula is C12H15Cl2F3N2. The van der Waals surface area contributed by atoms with E-state index < -0.39 is 12.6 Å². The van der Waals surface area contributed by atoms with Gasteiger partial charge in [0.1, 0.15) is 5.15 Å². The maximum atomic E-state index is 12.0. The first kappa shape index (κ1) is 16.4. The molecule has 0 saturated carbocycles. The van der Waals surface area contributed by atoms with Crippen LogP contribution < -0.4 is 5.32 Å². The molecule has 7 heteroatoms. The Hall–Kier alpha value is -0.680. The first-order valence-electron chi connectivity index (χ1n) is 5.85. The van der Waals surface area contributed by atoms with E-state index in [0.717, 1.165) is 5.56 Å². The molecule has 0 aliphatic heterocycles. The van der Waals surface area contributed by atoms with Crippen LogP contribution in [0.5, 0.6) is 0 Å². The fourth-order valence-electron chi connectivity index (χ4n) is 1.70. The lowest BCUT2D eigenvalue weighted by atomic mass is 10.1. The third-order valence-corrected chi connectivity index (χ3v) is 3.10. The van der Waals surface area contributed by atoms with Gasteiger partial charge < -0.3 is 5.32 Å². The molecule has 0 bridgehead atoms. The van der Waals surface area contributed by atoms with Crippen LogP contribution in [0.15, 0.2) is 6.07 Å². The summed E-state index contributed by atoms with van der Waals surface area (Å²) in [5.74, 6) is 0. The lowest BCUT2D eigenvalue weighted by Gasteiger charge is -2.18. The van der Waals surface area contributed by atoms with Crippen molar-refractivity contribution in [2.75, 3.05) is 5.32 Å². The van der Waals surface area contributed by atoms with Gasteiger partial charge in [-0.2, -0.15) is 13.2 Å². The smallest absolute Gasteiger partial charge is 0.380 e. The largest absolute Gasteiger partial charge is 0.389 e. The Morgan fingerprint density at radius 3 is 2.53 bits per heavy atom. The molecule has 0 radical (unpaired) electrons. The second kappa shape index (κ2) is 6.66. The number of alkyl halides is 3. The maximum Gasteiger partial charge on any atom is 0.389 e. The van der Waals surface area contributed by atoms with Crippen LogP contribution in [0.4, 0.5) is 18.9 Å². The summed E-state index contributed by atoms with van der Waals surface area (Å²) in [6.45, 7) is 3.62. The van der Waals surface area contributed by atoms with Crippen molar-refractivity contribution >= 4 is 28.9 Å². The molecule has 0 aliphatic carbocycles. The fourth-order valence-corrected chi connectivity index (χ4v) is 2.28. The number of anilines is 1. The van der Waals surface area contributed by atoms with E-state index in [0.29, 0.717) is 12.1 Å². The summed E-state index contributed by atoms with van der Waals surface area (Å²) in [6, 6.07) is 1.53. The van der Waals surface area contributed by atoms with E-state index in [9.17, 15) is 13.2 Å². The highest BCUT2D eigenvalue weighted by Gasteiger charge is 2.26. The van der Waals surface area contributed by atoms with Crippen molar-refractivity contribution in [3.8, 4) is 0 Å². The van der Waals surface area contributed by atoms with Gasteiger partial charge in [-0.15, -0.1) is 0 Å². The molecule has 0 saturated heterocycles. The minimum absolute atomic E-state index is 0.0787. The fraction of sp³-hybridized carbons (Fsp3) is 0.583. The van der Waals surface area contributed by atoms with E-state index in [2.05, 4.69) is 10.3 Å². The van der Waals surface area contributed by atoms with Crippen LogP contribution in [0.25, 0.3) is 0 Å². The van der Waals surface area contributed by atoms with Gasteiger partial charge >= 0.3 is 6.18 Å². The highest BCUT2D eigenvalue weighted by atomic mass is 35.5. The lowest BCUT2D eigenvalue weighted by molar-refractivity contribution is -0.135. The number of hydrogen-bond donors (Lipinski definition) is 1. The minimum atomic E-state index is -4.10. The van der Waals surface area contributed by atoms with Crippen molar-refractivity contribution in [1.82, 2.24) is 4.98 Å². The number of pyridine rings is 1. The highest BCUT2D eigenvalue weighted by molar-refractivity contribution is 6.34. The standard InChI is InChI=1S/C12H15Cl2F3N2/c1-7-6-9(13)19-11(14)10(7)18-8(2)4-3-5-12(15,16)17/h6,8,18H,3-5H2,1-2H3. The molecule has 0 aliphatic rings. The highest BCUT2D eigenvalue weighted by Crippen LogP contribution is 2.28. The predicted octanol–water partition coefficient (Wildman–Crippen LogP) is 5.23. The van der Waals surface area contributed by atoms with E-state index in [1.54, 1.807) is 13.0 Å². The molecular weight excluding hydrogens is 300 g/mol. The summed E-state index contributed by atoms with van der Waals surface area (Å²) < 4.78 is 36.1. The SMILES string of the molecule is Cc1cc(Cl)nc(Cl)c1NC(C)CCCC(F)(F)F. The van der Waals surface area contributed by atoms with E-state index in [1.165, 1.54) is 0 Å². The van der Waals surface area contributed by atoms with Crippen LogP contribution in [0.3, 0.4) is 0 Å². The predicted molar refractivity (Wildman–Crippen MR) is 72.0 cm³/mol. The number of halogens is 5. The first-order chi connectivity index (χ1) is 8.69. The van der Waals surface area contributed by atoms with Gasteiger partial charge in [-0.25, -0.2) is 4.98 Å². The van der Waals surface area contributed by atoms with Crippen molar-refractivity contribution in [3.05, 3.63) is 21.9 Å². The zero-order valence-electron chi connectivity index (χ0n) is 10.6. The third kappa shape index (κ3) is 5.87. The average molecular weight is 315 g/mol. The van der Waals surface area contributed by atoms with Crippen molar-refractivity contribution in [2.45, 2.75) is 45.3 Å². The summed E-state index contributed by atoms with van der Waals surface area (Å²) in [5, 5.41) is 3.59. The summed E-state index contributed by atoms with van der Waals surface area (Å²) in [7, 11) is 0. The van der Waals surface area contributed by atoms with E-state index in [1.807, 2.05) is 6.92 Å². The molecule has 0 amide bonds. The van der Waals surface area contributed by atoms with Crippen LogP contribution in [0.2, 0.25) is 10.3 Å². The number of aromatic nitrogens is 1. The zero-order chi connectivity index (χ0) is 14.6. The first-order valence-corrected chi connectivity index (χ1v) is 6.60.